The predicted octanol–water partition coefficient (Wildman–Crippen LogP) is 2.82. The summed E-state index contributed by atoms with van der Waals surface area (Å²) < 4.78 is 15.5. The molecule has 12 heteroatoms. The Morgan fingerprint density at radius 1 is 1.23 bits per heavy atom. The highest BCUT2D eigenvalue weighted by atomic mass is 35.5. The first-order valence-electron chi connectivity index (χ1n) is 10.1. The average Bonchev–Trinajstić information content (AvgIpc) is 2.81. The summed E-state index contributed by atoms with van der Waals surface area (Å²) in [6.07, 6.45) is 1.27. The van der Waals surface area contributed by atoms with Gasteiger partial charge in [-0.3, -0.25) is 19.8 Å². The van der Waals surface area contributed by atoms with Crippen molar-refractivity contribution in [3.8, 4) is 11.5 Å². The van der Waals surface area contributed by atoms with Gasteiger partial charge in [0.1, 0.15) is 5.57 Å². The highest BCUT2D eigenvalue weighted by Crippen LogP contribution is 2.37. The zero-order valence-corrected chi connectivity index (χ0v) is 20.1. The van der Waals surface area contributed by atoms with Gasteiger partial charge in [-0.15, -0.1) is 0 Å². The van der Waals surface area contributed by atoms with Gasteiger partial charge in [-0.25, -0.2) is 9.59 Å². The fraction of sp³-hybridized carbons (Fsp3) is 0.174. The lowest BCUT2D eigenvalue weighted by Crippen LogP contribution is -2.54. The zero-order chi connectivity index (χ0) is 25.7. The highest BCUT2D eigenvalue weighted by molar-refractivity contribution is 7.80. The molecule has 0 atom stereocenters. The van der Waals surface area contributed by atoms with Gasteiger partial charge in [0.05, 0.1) is 30.0 Å². The first kappa shape index (κ1) is 25.7. The molecule has 0 saturated carbocycles. The van der Waals surface area contributed by atoms with Crippen molar-refractivity contribution in [3.05, 3.63) is 58.1 Å². The molecule has 0 bridgehead atoms. The number of carboxylic acids is 1. The Bertz CT molecular complexity index is 1260. The van der Waals surface area contributed by atoms with E-state index in [4.69, 9.17) is 38.0 Å². The van der Waals surface area contributed by atoms with Gasteiger partial charge in [-0.1, -0.05) is 17.7 Å². The molecule has 2 N–H and O–H groups in total. The van der Waals surface area contributed by atoms with Crippen LogP contribution in [0.1, 0.15) is 22.8 Å². The van der Waals surface area contributed by atoms with Crippen molar-refractivity contribution in [1.29, 1.82) is 0 Å². The number of nitrogens with zero attached hydrogens (tertiary/aromatic N) is 1. The molecule has 1 aliphatic heterocycles. The van der Waals surface area contributed by atoms with E-state index in [0.717, 1.165) is 4.90 Å². The molecule has 1 aliphatic rings. The quantitative estimate of drug-likeness (QED) is 0.234. The number of aromatic carboxylic acids is 1. The van der Waals surface area contributed by atoms with Crippen LogP contribution in [0.15, 0.2) is 42.0 Å². The van der Waals surface area contributed by atoms with Crippen LogP contribution in [0.2, 0.25) is 5.02 Å². The molecule has 0 radical (unpaired) electrons. The van der Waals surface area contributed by atoms with Crippen molar-refractivity contribution in [1.82, 2.24) is 5.32 Å². The molecular formula is C23H19ClN2O8S. The third-order valence-electron chi connectivity index (χ3n) is 4.66. The number of carbonyl (C=O) groups is 4. The molecule has 2 aromatic carbocycles. The smallest absolute Gasteiger partial charge is 0.344 e. The Kier molecular flexibility index (Phi) is 8.05. The Hall–Kier alpha value is -3.96. The molecular weight excluding hydrogens is 500 g/mol. The number of ether oxygens (including phenoxy) is 3. The number of rotatable bonds is 8. The van der Waals surface area contributed by atoms with Gasteiger partial charge in [0.25, 0.3) is 11.8 Å². The minimum absolute atomic E-state index is 0.0598. The summed E-state index contributed by atoms with van der Waals surface area (Å²) >= 11 is 11.4. The number of benzene rings is 2. The maximum Gasteiger partial charge on any atom is 0.344 e. The van der Waals surface area contributed by atoms with E-state index in [1.165, 1.54) is 49.6 Å². The van der Waals surface area contributed by atoms with Gasteiger partial charge in [0.15, 0.2) is 23.2 Å². The molecule has 0 spiro atoms. The van der Waals surface area contributed by atoms with Crippen LogP contribution in [0.3, 0.4) is 0 Å². The number of anilines is 1. The Morgan fingerprint density at radius 3 is 2.63 bits per heavy atom. The topological polar surface area (TPSA) is 131 Å². The van der Waals surface area contributed by atoms with Crippen molar-refractivity contribution < 1.29 is 38.5 Å². The molecule has 0 aromatic heterocycles. The van der Waals surface area contributed by atoms with Gasteiger partial charge in [-0.05, 0) is 61.1 Å². The second kappa shape index (κ2) is 11.0. The summed E-state index contributed by atoms with van der Waals surface area (Å²) in [4.78, 5) is 49.7. The van der Waals surface area contributed by atoms with E-state index in [-0.39, 0.29) is 45.1 Å². The standard InChI is InChI=1S/C23H19ClN2O8S/c1-3-33-18(27)11-34-19-16(24)8-12(9-17(19)32-2)7-15-20(28)25-23(35)26(21(15)29)14-6-4-5-13(10-14)22(30)31/h4-10H,3,11H2,1-2H3,(H,30,31)(H,25,28,35). The first-order valence-corrected chi connectivity index (χ1v) is 10.9. The summed E-state index contributed by atoms with van der Waals surface area (Å²) in [5.41, 5.74) is 0.151. The number of carbonyl (C=O) groups excluding carboxylic acids is 3. The number of hydrogen-bond acceptors (Lipinski definition) is 8. The van der Waals surface area contributed by atoms with Gasteiger partial charge < -0.3 is 19.3 Å². The minimum atomic E-state index is -1.19. The van der Waals surface area contributed by atoms with Crippen LogP contribution < -0.4 is 19.7 Å². The zero-order valence-electron chi connectivity index (χ0n) is 18.5. The van der Waals surface area contributed by atoms with Crippen molar-refractivity contribution in [2.75, 3.05) is 25.2 Å². The van der Waals surface area contributed by atoms with E-state index in [1.54, 1.807) is 6.92 Å². The van der Waals surface area contributed by atoms with Gasteiger partial charge >= 0.3 is 11.9 Å². The SMILES string of the molecule is CCOC(=O)COc1c(Cl)cc(C=C2C(=O)NC(=S)N(c3cccc(C(=O)O)c3)C2=O)cc1OC. The lowest BCUT2D eigenvalue weighted by Gasteiger charge is -2.29. The lowest BCUT2D eigenvalue weighted by molar-refractivity contribution is -0.145. The Balaban J connectivity index is 1.96. The van der Waals surface area contributed by atoms with E-state index in [1.807, 2.05) is 0 Å². The van der Waals surface area contributed by atoms with E-state index >= 15 is 0 Å². The fourth-order valence-corrected chi connectivity index (χ4v) is 3.69. The lowest BCUT2D eigenvalue weighted by atomic mass is 10.1. The number of thiocarbonyl (C=S) groups is 1. The molecule has 3 rings (SSSR count). The van der Waals surface area contributed by atoms with Crippen molar-refractivity contribution in [2.24, 2.45) is 0 Å². The number of nitrogens with one attached hydrogen (secondary N) is 1. The molecule has 0 unspecified atom stereocenters. The Morgan fingerprint density at radius 2 is 1.97 bits per heavy atom. The van der Waals surface area contributed by atoms with Crippen LogP contribution in [0.5, 0.6) is 11.5 Å². The second-order valence-corrected chi connectivity index (χ2v) is 7.74. The molecule has 2 aromatic rings. The number of halogens is 1. The van der Waals surface area contributed by atoms with Crippen LogP contribution >= 0.6 is 23.8 Å². The number of carboxylic acid groups (broad SMARTS) is 1. The molecule has 0 aliphatic carbocycles. The Labute approximate surface area is 210 Å². The van der Waals surface area contributed by atoms with Gasteiger partial charge in [-0.2, -0.15) is 0 Å². The monoisotopic (exact) mass is 518 g/mol. The van der Waals surface area contributed by atoms with Crippen LogP contribution in [0.25, 0.3) is 6.08 Å². The third kappa shape index (κ3) is 5.76. The van der Waals surface area contributed by atoms with E-state index in [2.05, 4.69) is 5.32 Å². The van der Waals surface area contributed by atoms with Crippen molar-refractivity contribution in [3.63, 3.8) is 0 Å². The molecule has 1 heterocycles. The second-order valence-electron chi connectivity index (χ2n) is 6.94. The number of methoxy groups -OCH3 is 1. The van der Waals surface area contributed by atoms with E-state index in [9.17, 15) is 24.3 Å². The maximum atomic E-state index is 13.2. The van der Waals surface area contributed by atoms with Crippen LogP contribution in [0, 0.1) is 0 Å². The van der Waals surface area contributed by atoms with Crippen LogP contribution in [0.4, 0.5) is 5.69 Å². The van der Waals surface area contributed by atoms with Crippen LogP contribution in [-0.2, 0) is 19.1 Å². The van der Waals surface area contributed by atoms with Crippen molar-refractivity contribution in [2.45, 2.75) is 6.92 Å². The molecule has 10 nitrogen and oxygen atoms in total. The molecule has 1 saturated heterocycles. The first-order chi connectivity index (χ1) is 16.7. The highest BCUT2D eigenvalue weighted by Gasteiger charge is 2.35. The summed E-state index contributed by atoms with van der Waals surface area (Å²) in [5.74, 6) is -3.06. The third-order valence-corrected chi connectivity index (χ3v) is 5.22. The average molecular weight is 519 g/mol. The minimum Gasteiger partial charge on any atom is -0.493 e. The van der Waals surface area contributed by atoms with E-state index in [0.29, 0.717) is 5.56 Å². The molecule has 2 amide bonds. The largest absolute Gasteiger partial charge is 0.493 e. The van der Waals surface area contributed by atoms with Gasteiger partial charge in [0, 0.05) is 0 Å². The summed E-state index contributed by atoms with van der Waals surface area (Å²) in [5, 5.41) is 11.5. The van der Waals surface area contributed by atoms with Crippen molar-refractivity contribution >= 4 is 64.4 Å². The number of hydrogen-bond donors (Lipinski definition) is 2. The van der Waals surface area contributed by atoms with Crippen LogP contribution in [-0.4, -0.2) is 54.3 Å². The maximum absolute atomic E-state index is 13.2. The summed E-state index contributed by atoms with van der Waals surface area (Å²) in [6, 6.07) is 8.44. The molecule has 35 heavy (non-hydrogen) atoms. The number of amides is 2. The number of esters is 1. The molecule has 182 valence electrons. The normalized spacial score (nSPS) is 14.5. The summed E-state index contributed by atoms with van der Waals surface area (Å²) in [6.45, 7) is 1.46. The fourth-order valence-electron chi connectivity index (χ4n) is 3.13. The molecule has 1 fully saturated rings. The van der Waals surface area contributed by atoms with Gasteiger partial charge in [0.2, 0.25) is 0 Å². The summed E-state index contributed by atoms with van der Waals surface area (Å²) in [7, 11) is 1.36. The van der Waals surface area contributed by atoms with E-state index < -0.39 is 30.4 Å². The predicted molar refractivity (Wildman–Crippen MR) is 130 cm³/mol.